The maximum absolute atomic E-state index is 12.7. The second kappa shape index (κ2) is 11.4. The minimum atomic E-state index is -0.0999. The molecular formula is C27H28ClN5OS. The minimum absolute atomic E-state index is 0.0999. The van der Waals surface area contributed by atoms with Crippen LogP contribution in [0, 0.1) is 6.92 Å². The predicted octanol–water partition coefficient (Wildman–Crippen LogP) is 6.47. The first-order chi connectivity index (χ1) is 17.0. The van der Waals surface area contributed by atoms with Crippen molar-refractivity contribution in [2.24, 2.45) is 0 Å². The summed E-state index contributed by atoms with van der Waals surface area (Å²) in [5.74, 6) is 0.806. The zero-order valence-corrected chi connectivity index (χ0v) is 21.6. The molecule has 0 fully saturated rings. The van der Waals surface area contributed by atoms with E-state index in [0.29, 0.717) is 16.0 Å². The molecule has 3 aromatic carbocycles. The normalized spacial score (nSPS) is 10.9. The summed E-state index contributed by atoms with van der Waals surface area (Å²) in [4.78, 5) is 15.0. The Morgan fingerprint density at radius 3 is 2.23 bits per heavy atom. The van der Waals surface area contributed by atoms with Gasteiger partial charge in [-0.15, -0.1) is 10.2 Å². The smallest absolute Gasteiger partial charge is 0.234 e. The lowest BCUT2D eigenvalue weighted by Crippen LogP contribution is -2.21. The fourth-order valence-corrected chi connectivity index (χ4v) is 4.63. The van der Waals surface area contributed by atoms with Gasteiger partial charge < -0.3 is 10.2 Å². The van der Waals surface area contributed by atoms with Crippen molar-refractivity contribution in [2.45, 2.75) is 25.9 Å². The van der Waals surface area contributed by atoms with Crippen LogP contribution in [-0.2, 0) is 4.79 Å². The monoisotopic (exact) mass is 505 g/mol. The topological polar surface area (TPSA) is 63.1 Å². The van der Waals surface area contributed by atoms with E-state index in [9.17, 15) is 4.79 Å². The van der Waals surface area contributed by atoms with Crippen LogP contribution in [-0.4, -0.2) is 39.5 Å². The summed E-state index contributed by atoms with van der Waals surface area (Å²) in [7, 11) is 0. The van der Waals surface area contributed by atoms with Crippen molar-refractivity contribution in [3.05, 3.63) is 83.4 Å². The summed E-state index contributed by atoms with van der Waals surface area (Å²) in [5.41, 5.74) is 4.90. The molecule has 1 aromatic heterocycles. The first-order valence-corrected chi connectivity index (χ1v) is 12.9. The van der Waals surface area contributed by atoms with Crippen LogP contribution < -0.4 is 10.2 Å². The lowest BCUT2D eigenvalue weighted by Gasteiger charge is -2.21. The number of anilines is 2. The molecular weight excluding hydrogens is 478 g/mol. The number of carbonyl (C=O) groups excluding carboxylic acids is 1. The second-order valence-corrected chi connectivity index (χ2v) is 9.42. The molecule has 0 saturated carbocycles. The van der Waals surface area contributed by atoms with E-state index < -0.39 is 0 Å². The van der Waals surface area contributed by atoms with Gasteiger partial charge >= 0.3 is 0 Å². The zero-order chi connectivity index (χ0) is 24.8. The highest BCUT2D eigenvalue weighted by atomic mass is 35.5. The number of carbonyl (C=O) groups is 1. The standard InChI is InChI=1S/C27H28ClN5OS/c1-4-32(5-2)23-16-12-22(13-17-23)29-25(34)18-35-27-31-30-26(20-8-10-21(28)11-9-20)33(27)24-14-6-19(3)7-15-24/h6-17H,4-5,18H2,1-3H3,(H,29,34). The van der Waals surface area contributed by atoms with Crippen molar-refractivity contribution in [3.8, 4) is 17.1 Å². The molecule has 1 amide bonds. The maximum atomic E-state index is 12.7. The molecule has 0 atom stereocenters. The highest BCUT2D eigenvalue weighted by molar-refractivity contribution is 7.99. The molecule has 0 unspecified atom stereocenters. The molecule has 0 aliphatic rings. The van der Waals surface area contributed by atoms with Gasteiger partial charge in [-0.2, -0.15) is 0 Å². The van der Waals surface area contributed by atoms with Crippen molar-refractivity contribution < 1.29 is 4.79 Å². The Morgan fingerprint density at radius 1 is 0.943 bits per heavy atom. The number of hydrogen-bond acceptors (Lipinski definition) is 5. The molecule has 1 heterocycles. The lowest BCUT2D eigenvalue weighted by molar-refractivity contribution is -0.113. The third-order valence-electron chi connectivity index (χ3n) is 5.64. The van der Waals surface area contributed by atoms with Gasteiger partial charge in [-0.1, -0.05) is 41.1 Å². The summed E-state index contributed by atoms with van der Waals surface area (Å²) >= 11 is 7.43. The van der Waals surface area contributed by atoms with E-state index in [1.54, 1.807) is 0 Å². The number of aromatic nitrogens is 3. The fourth-order valence-electron chi connectivity index (χ4n) is 3.75. The van der Waals surface area contributed by atoms with Gasteiger partial charge in [-0.3, -0.25) is 9.36 Å². The molecule has 0 spiro atoms. The highest BCUT2D eigenvalue weighted by Crippen LogP contribution is 2.29. The van der Waals surface area contributed by atoms with Crippen LogP contribution in [0.3, 0.4) is 0 Å². The van der Waals surface area contributed by atoms with E-state index in [0.717, 1.165) is 41.3 Å². The fraction of sp³-hybridized carbons (Fsp3) is 0.222. The average molecular weight is 506 g/mol. The van der Waals surface area contributed by atoms with Crippen molar-refractivity contribution in [1.82, 2.24) is 14.8 Å². The van der Waals surface area contributed by atoms with Crippen molar-refractivity contribution >= 4 is 40.6 Å². The first kappa shape index (κ1) is 24.8. The van der Waals surface area contributed by atoms with Gasteiger partial charge in [0.2, 0.25) is 5.91 Å². The van der Waals surface area contributed by atoms with Gasteiger partial charge in [0, 0.05) is 40.7 Å². The van der Waals surface area contributed by atoms with Crippen LogP contribution in [0.4, 0.5) is 11.4 Å². The van der Waals surface area contributed by atoms with Gasteiger partial charge in [0.1, 0.15) is 0 Å². The summed E-state index contributed by atoms with van der Waals surface area (Å²) in [6, 6.07) is 23.6. The number of amides is 1. The number of thioether (sulfide) groups is 1. The number of benzene rings is 3. The Balaban J connectivity index is 1.51. The minimum Gasteiger partial charge on any atom is -0.372 e. The molecule has 0 aliphatic carbocycles. The third-order valence-corrected chi connectivity index (χ3v) is 6.82. The molecule has 180 valence electrons. The Hall–Kier alpha value is -3.29. The van der Waals surface area contributed by atoms with E-state index in [-0.39, 0.29) is 11.7 Å². The zero-order valence-electron chi connectivity index (χ0n) is 20.0. The third kappa shape index (κ3) is 6.05. The molecule has 0 bridgehead atoms. The van der Waals surface area contributed by atoms with Crippen LogP contribution in [0.25, 0.3) is 17.1 Å². The molecule has 0 aliphatic heterocycles. The van der Waals surface area contributed by atoms with Crippen molar-refractivity contribution in [1.29, 1.82) is 0 Å². The second-order valence-electron chi connectivity index (χ2n) is 8.04. The molecule has 1 N–H and O–H groups in total. The lowest BCUT2D eigenvalue weighted by atomic mass is 10.2. The van der Waals surface area contributed by atoms with Gasteiger partial charge in [0.15, 0.2) is 11.0 Å². The molecule has 8 heteroatoms. The molecule has 4 aromatic rings. The SMILES string of the molecule is CCN(CC)c1ccc(NC(=O)CSc2nnc(-c3ccc(Cl)cc3)n2-c2ccc(C)cc2)cc1. The Labute approximate surface area is 215 Å². The number of rotatable bonds is 9. The number of aryl methyl sites for hydroxylation is 1. The summed E-state index contributed by atoms with van der Waals surface area (Å²) in [6.07, 6.45) is 0. The van der Waals surface area contributed by atoms with E-state index in [1.807, 2.05) is 84.3 Å². The Kier molecular flexibility index (Phi) is 8.10. The van der Waals surface area contributed by atoms with Gasteiger partial charge in [-0.05, 0) is 81.4 Å². The quantitative estimate of drug-likeness (QED) is 0.264. The van der Waals surface area contributed by atoms with Crippen LogP contribution >= 0.6 is 23.4 Å². The van der Waals surface area contributed by atoms with Crippen LogP contribution in [0.2, 0.25) is 5.02 Å². The number of hydrogen-bond donors (Lipinski definition) is 1. The number of halogens is 1. The van der Waals surface area contributed by atoms with Gasteiger partial charge in [0.25, 0.3) is 0 Å². The molecule has 0 saturated heterocycles. The van der Waals surface area contributed by atoms with Gasteiger partial charge in [0.05, 0.1) is 5.75 Å². The number of nitrogens with one attached hydrogen (secondary N) is 1. The van der Waals surface area contributed by atoms with E-state index in [2.05, 4.69) is 34.3 Å². The first-order valence-electron chi connectivity index (χ1n) is 11.5. The molecule has 35 heavy (non-hydrogen) atoms. The average Bonchev–Trinajstić information content (AvgIpc) is 3.29. The van der Waals surface area contributed by atoms with Gasteiger partial charge in [-0.25, -0.2) is 0 Å². The van der Waals surface area contributed by atoms with E-state index in [4.69, 9.17) is 11.6 Å². The Bertz CT molecular complexity index is 1270. The van der Waals surface area contributed by atoms with Crippen LogP contribution in [0.1, 0.15) is 19.4 Å². The summed E-state index contributed by atoms with van der Waals surface area (Å²) < 4.78 is 1.97. The summed E-state index contributed by atoms with van der Waals surface area (Å²) in [6.45, 7) is 8.19. The molecule has 4 rings (SSSR count). The maximum Gasteiger partial charge on any atom is 0.234 e. The van der Waals surface area contributed by atoms with E-state index in [1.165, 1.54) is 11.8 Å². The van der Waals surface area contributed by atoms with E-state index >= 15 is 0 Å². The van der Waals surface area contributed by atoms with Crippen LogP contribution in [0.15, 0.2) is 78.0 Å². The Morgan fingerprint density at radius 2 is 1.60 bits per heavy atom. The van der Waals surface area contributed by atoms with Crippen molar-refractivity contribution in [2.75, 3.05) is 29.1 Å². The number of nitrogens with zero attached hydrogens (tertiary/aromatic N) is 4. The highest BCUT2D eigenvalue weighted by Gasteiger charge is 2.17. The molecule has 6 nitrogen and oxygen atoms in total. The largest absolute Gasteiger partial charge is 0.372 e. The van der Waals surface area contributed by atoms with Crippen LogP contribution in [0.5, 0.6) is 0 Å². The predicted molar refractivity (Wildman–Crippen MR) is 146 cm³/mol. The molecule has 0 radical (unpaired) electrons. The van der Waals surface area contributed by atoms with Crippen molar-refractivity contribution in [3.63, 3.8) is 0 Å². The summed E-state index contributed by atoms with van der Waals surface area (Å²) in [5, 5.41) is 13.1.